The molecule has 2 aromatic heterocycles. The third kappa shape index (κ3) is 5.04. The van der Waals surface area contributed by atoms with Crippen LogP contribution in [0.3, 0.4) is 0 Å². The minimum atomic E-state index is -0.983. The van der Waals surface area contributed by atoms with Gasteiger partial charge < -0.3 is 35.5 Å². The van der Waals surface area contributed by atoms with Gasteiger partial charge in [-0.2, -0.15) is 0 Å². The van der Waals surface area contributed by atoms with Crippen molar-refractivity contribution in [2.24, 2.45) is 5.92 Å². The van der Waals surface area contributed by atoms with Crippen LogP contribution in [0.5, 0.6) is 5.88 Å². The van der Waals surface area contributed by atoms with Gasteiger partial charge in [-0.05, 0) is 43.7 Å². The van der Waals surface area contributed by atoms with Crippen LogP contribution in [0.1, 0.15) is 22.3 Å². The Morgan fingerprint density at radius 2 is 1.85 bits per heavy atom. The number of nitrogens with one attached hydrogen (secondary N) is 4. The van der Waals surface area contributed by atoms with Crippen LogP contribution in [0.4, 0.5) is 32.8 Å². The summed E-state index contributed by atoms with van der Waals surface area (Å²) in [6, 6.07) is 8.95. The highest BCUT2D eigenvalue weighted by molar-refractivity contribution is 6.08. The minimum Gasteiger partial charge on any atom is -0.474 e. The van der Waals surface area contributed by atoms with Gasteiger partial charge in [-0.3, -0.25) is 14.4 Å². The first-order chi connectivity index (χ1) is 19.4. The van der Waals surface area contributed by atoms with Crippen LogP contribution in [0, 0.1) is 12.8 Å². The van der Waals surface area contributed by atoms with Gasteiger partial charge in [0, 0.05) is 55.9 Å². The molecule has 0 unspecified atom stereocenters. The highest BCUT2D eigenvalue weighted by Gasteiger charge is 2.46. The van der Waals surface area contributed by atoms with Crippen molar-refractivity contribution in [3.63, 3.8) is 0 Å². The van der Waals surface area contributed by atoms with Crippen molar-refractivity contribution in [2.45, 2.75) is 19.5 Å². The van der Waals surface area contributed by atoms with Crippen LogP contribution >= 0.6 is 0 Å². The summed E-state index contributed by atoms with van der Waals surface area (Å²) < 4.78 is 18.8. The molecule has 0 bridgehead atoms. The lowest BCUT2D eigenvalue weighted by atomic mass is 10.1. The standard InChI is InChI=1S/C28H30FN7O4/c1-16-22(15-32-27-24(16)30-8-13-40-27)34-21-6-7-31-25(37)23(21)26(38)33-17-2-4-18(5-3-17)35-9-11-36(12-10-35)28(39)19-14-20(19)29/h2-7,15,19-20,30H,8-14H2,1H3,(H,33,38)(H2,31,34,37)/t19-,20+/m1/s1. The zero-order chi connectivity index (χ0) is 27.8. The molecular formula is C28H30FN7O4. The molecule has 0 spiro atoms. The van der Waals surface area contributed by atoms with Crippen LogP contribution in [-0.2, 0) is 4.79 Å². The van der Waals surface area contributed by atoms with Crippen molar-refractivity contribution in [2.75, 3.05) is 60.2 Å². The molecule has 3 aromatic rings. The predicted molar refractivity (Wildman–Crippen MR) is 149 cm³/mol. The SMILES string of the molecule is Cc1c(Nc2cc[nH]c(=O)c2C(=O)Nc2ccc(N3CCN(C(=O)[C@@H]4C[C@@H]4F)CC3)cc2)cnc2c1NCCO2. The number of alkyl halides is 1. The van der Waals surface area contributed by atoms with Gasteiger partial charge >= 0.3 is 0 Å². The Morgan fingerprint density at radius 1 is 1.10 bits per heavy atom. The molecule has 2 aliphatic heterocycles. The van der Waals surface area contributed by atoms with E-state index >= 15 is 0 Å². The molecule has 1 aliphatic carbocycles. The van der Waals surface area contributed by atoms with E-state index in [1.165, 1.54) is 6.20 Å². The number of benzene rings is 1. The number of H-pyrrole nitrogens is 1. The molecule has 1 saturated heterocycles. The molecule has 6 rings (SSSR count). The van der Waals surface area contributed by atoms with Crippen LogP contribution in [0.15, 0.2) is 47.5 Å². The summed E-state index contributed by atoms with van der Waals surface area (Å²) in [6.07, 6.45) is 2.45. The first kappa shape index (κ1) is 25.7. The zero-order valence-corrected chi connectivity index (χ0v) is 22.0. The number of rotatable bonds is 6. The molecule has 2 atom stereocenters. The molecular weight excluding hydrogens is 517 g/mol. The number of fused-ring (bicyclic) bond motifs is 1. The molecule has 4 N–H and O–H groups in total. The van der Waals surface area contributed by atoms with Crippen LogP contribution in [0.25, 0.3) is 0 Å². The number of carbonyl (C=O) groups is 2. The Morgan fingerprint density at radius 3 is 2.58 bits per heavy atom. The van der Waals surface area contributed by atoms with Gasteiger partial charge in [-0.1, -0.05) is 0 Å². The van der Waals surface area contributed by atoms with Crippen molar-refractivity contribution in [3.05, 3.63) is 64.2 Å². The topological polar surface area (TPSA) is 132 Å². The third-order valence-electron chi connectivity index (χ3n) is 7.52. The monoisotopic (exact) mass is 547 g/mol. The van der Waals surface area contributed by atoms with Crippen LogP contribution < -0.4 is 31.1 Å². The van der Waals surface area contributed by atoms with Crippen LogP contribution in [0.2, 0.25) is 0 Å². The summed E-state index contributed by atoms with van der Waals surface area (Å²) in [5.41, 5.74) is 3.52. The van der Waals surface area contributed by atoms with Gasteiger partial charge in [0.1, 0.15) is 24.0 Å². The Bertz CT molecular complexity index is 1500. The number of anilines is 5. The van der Waals surface area contributed by atoms with Crippen molar-refractivity contribution in [3.8, 4) is 5.88 Å². The Labute approximate surface area is 229 Å². The number of nitrogens with zero attached hydrogens (tertiary/aromatic N) is 3. The Balaban J connectivity index is 1.12. The molecule has 11 nitrogen and oxygen atoms in total. The fourth-order valence-electron chi connectivity index (χ4n) is 5.09. The maximum absolute atomic E-state index is 13.3. The van der Waals surface area contributed by atoms with E-state index < -0.39 is 23.6 Å². The van der Waals surface area contributed by atoms with E-state index in [1.54, 1.807) is 29.3 Å². The van der Waals surface area contributed by atoms with E-state index in [4.69, 9.17) is 4.74 Å². The number of aromatic nitrogens is 2. The lowest BCUT2D eigenvalue weighted by Gasteiger charge is -2.36. The van der Waals surface area contributed by atoms with Crippen molar-refractivity contribution >= 4 is 40.3 Å². The molecule has 40 heavy (non-hydrogen) atoms. The smallest absolute Gasteiger partial charge is 0.263 e. The first-order valence-corrected chi connectivity index (χ1v) is 13.3. The molecule has 2 fully saturated rings. The second-order valence-corrected chi connectivity index (χ2v) is 10.1. The van der Waals surface area contributed by atoms with Crippen molar-refractivity contribution in [1.82, 2.24) is 14.9 Å². The van der Waals surface area contributed by atoms with Crippen molar-refractivity contribution < 1.29 is 18.7 Å². The van der Waals surface area contributed by atoms with E-state index in [2.05, 4.69) is 30.8 Å². The first-order valence-electron chi connectivity index (χ1n) is 13.3. The predicted octanol–water partition coefficient (Wildman–Crippen LogP) is 2.89. The highest BCUT2D eigenvalue weighted by Crippen LogP contribution is 2.36. The van der Waals surface area contributed by atoms with E-state index in [0.29, 0.717) is 68.7 Å². The number of halogens is 1. The molecule has 4 heterocycles. The van der Waals surface area contributed by atoms with E-state index in [0.717, 1.165) is 16.9 Å². The lowest BCUT2D eigenvalue weighted by Crippen LogP contribution is -2.49. The summed E-state index contributed by atoms with van der Waals surface area (Å²) in [5, 5.41) is 9.27. The maximum Gasteiger partial charge on any atom is 0.263 e. The molecule has 208 valence electrons. The fourth-order valence-corrected chi connectivity index (χ4v) is 5.09. The van der Waals surface area contributed by atoms with Gasteiger partial charge in [0.25, 0.3) is 11.5 Å². The molecule has 1 saturated carbocycles. The largest absolute Gasteiger partial charge is 0.474 e. The van der Waals surface area contributed by atoms with Gasteiger partial charge in [-0.15, -0.1) is 0 Å². The van der Waals surface area contributed by atoms with E-state index in [9.17, 15) is 18.8 Å². The summed E-state index contributed by atoms with van der Waals surface area (Å²) in [4.78, 5) is 49.1. The maximum atomic E-state index is 13.3. The number of hydrogen-bond donors (Lipinski definition) is 4. The van der Waals surface area contributed by atoms with Gasteiger partial charge in [0.05, 0.1) is 23.5 Å². The molecule has 3 aliphatic rings. The summed E-state index contributed by atoms with van der Waals surface area (Å²) >= 11 is 0. The molecule has 2 amide bonds. The quantitative estimate of drug-likeness (QED) is 0.371. The number of ether oxygens (including phenoxy) is 1. The molecule has 1 aromatic carbocycles. The lowest BCUT2D eigenvalue weighted by molar-refractivity contribution is -0.133. The van der Waals surface area contributed by atoms with Gasteiger partial charge in [-0.25, -0.2) is 9.37 Å². The third-order valence-corrected chi connectivity index (χ3v) is 7.52. The number of pyridine rings is 2. The zero-order valence-electron chi connectivity index (χ0n) is 22.0. The average Bonchev–Trinajstić information content (AvgIpc) is 3.71. The van der Waals surface area contributed by atoms with Crippen molar-refractivity contribution in [1.29, 1.82) is 0 Å². The second kappa shape index (κ2) is 10.5. The summed E-state index contributed by atoms with van der Waals surface area (Å²) in [7, 11) is 0. The molecule has 0 radical (unpaired) electrons. The number of hydrogen-bond acceptors (Lipinski definition) is 8. The number of amides is 2. The Kier molecular flexibility index (Phi) is 6.74. The number of piperazine rings is 1. The average molecular weight is 548 g/mol. The van der Waals surface area contributed by atoms with Crippen LogP contribution in [-0.4, -0.2) is 72.2 Å². The van der Waals surface area contributed by atoms with Gasteiger partial charge in [0.15, 0.2) is 0 Å². The van der Waals surface area contributed by atoms with E-state index in [-0.39, 0.29) is 11.5 Å². The fraction of sp³-hybridized carbons (Fsp3) is 0.357. The highest BCUT2D eigenvalue weighted by atomic mass is 19.1. The number of aromatic amines is 1. The number of carbonyl (C=O) groups excluding carboxylic acids is 2. The summed E-state index contributed by atoms with van der Waals surface area (Å²) in [5.74, 6) is -0.573. The Hall–Kier alpha value is -4.61. The minimum absolute atomic E-state index is 0.0557. The second-order valence-electron chi connectivity index (χ2n) is 10.1. The summed E-state index contributed by atoms with van der Waals surface area (Å²) in [6.45, 7) is 5.50. The molecule has 12 heteroatoms. The van der Waals surface area contributed by atoms with E-state index in [1.807, 2.05) is 19.1 Å². The van der Waals surface area contributed by atoms with Gasteiger partial charge in [0.2, 0.25) is 11.8 Å². The normalized spacial score (nSPS) is 19.6.